The molecule has 160 valence electrons. The highest BCUT2D eigenvalue weighted by Crippen LogP contribution is 2.46. The second-order valence-corrected chi connectivity index (χ2v) is 9.77. The smallest absolute Gasteiger partial charge is 0.337 e. The second kappa shape index (κ2) is 7.52. The van der Waals surface area contributed by atoms with Crippen LogP contribution in [-0.4, -0.2) is 18.8 Å². The van der Waals surface area contributed by atoms with Crippen LogP contribution in [0.15, 0.2) is 59.7 Å². The van der Waals surface area contributed by atoms with Gasteiger partial charge in [-0.25, -0.2) is 4.79 Å². The van der Waals surface area contributed by atoms with Crippen molar-refractivity contribution >= 4 is 22.5 Å². The summed E-state index contributed by atoms with van der Waals surface area (Å²) in [5.74, 6) is 5.55. The van der Waals surface area contributed by atoms with Crippen molar-refractivity contribution in [3.8, 4) is 0 Å². The number of ether oxygens (including phenoxy) is 1. The molecule has 4 rings (SSSR count). The third-order valence-corrected chi connectivity index (χ3v) is 6.79. The molecule has 4 nitrogen and oxygen atoms in total. The summed E-state index contributed by atoms with van der Waals surface area (Å²) in [5.41, 5.74) is 6.36. The molecule has 3 aromatic carbocycles. The summed E-state index contributed by atoms with van der Waals surface area (Å²) >= 11 is 0. The van der Waals surface area contributed by atoms with Gasteiger partial charge in [-0.2, -0.15) is 5.10 Å². The minimum Gasteiger partial charge on any atom is -0.465 e. The Morgan fingerprint density at radius 1 is 0.806 bits per heavy atom. The van der Waals surface area contributed by atoms with Crippen molar-refractivity contribution < 1.29 is 9.53 Å². The van der Waals surface area contributed by atoms with E-state index in [1.165, 1.54) is 24.7 Å². The molecule has 0 radical (unpaired) electrons. The summed E-state index contributed by atoms with van der Waals surface area (Å²) in [7, 11) is 1.39. The largest absolute Gasteiger partial charge is 0.465 e. The van der Waals surface area contributed by atoms with Crippen LogP contribution in [0.3, 0.4) is 0 Å². The summed E-state index contributed by atoms with van der Waals surface area (Å²) in [5, 5.41) is 6.16. The maximum atomic E-state index is 11.8. The second-order valence-electron chi connectivity index (χ2n) is 9.77. The SMILES string of the molecule is COC(=O)c1ccc2cc(/C(=N/N)c3ccc4c(c3)C(C)(C)CCC4(C)C)ccc2c1. The summed E-state index contributed by atoms with van der Waals surface area (Å²) in [6, 6.07) is 18.3. The predicted octanol–water partition coefficient (Wildman–Crippen LogP) is 5.69. The maximum Gasteiger partial charge on any atom is 0.337 e. The topological polar surface area (TPSA) is 64.7 Å². The Labute approximate surface area is 184 Å². The van der Waals surface area contributed by atoms with Gasteiger partial charge in [-0.3, -0.25) is 0 Å². The fourth-order valence-electron chi connectivity index (χ4n) is 4.69. The van der Waals surface area contributed by atoms with Gasteiger partial charge in [0.15, 0.2) is 0 Å². The Morgan fingerprint density at radius 3 is 1.94 bits per heavy atom. The number of rotatable bonds is 3. The molecule has 3 aromatic rings. The van der Waals surface area contributed by atoms with Crippen molar-refractivity contribution in [1.29, 1.82) is 0 Å². The van der Waals surface area contributed by atoms with Gasteiger partial charge in [0.25, 0.3) is 0 Å². The lowest BCUT2D eigenvalue weighted by molar-refractivity contribution is 0.0601. The Balaban J connectivity index is 1.78. The molecule has 0 unspecified atom stereocenters. The summed E-state index contributed by atoms with van der Waals surface area (Å²) in [6.45, 7) is 9.28. The van der Waals surface area contributed by atoms with E-state index in [0.29, 0.717) is 5.56 Å². The first-order chi connectivity index (χ1) is 14.7. The Morgan fingerprint density at radius 2 is 1.32 bits per heavy atom. The zero-order chi connectivity index (χ0) is 22.4. The van der Waals surface area contributed by atoms with Crippen LogP contribution in [0.1, 0.15) is 73.1 Å². The molecule has 0 amide bonds. The van der Waals surface area contributed by atoms with Gasteiger partial charge in [0, 0.05) is 11.1 Å². The number of hydrogen-bond donors (Lipinski definition) is 1. The molecular formula is C27H30N2O2. The van der Waals surface area contributed by atoms with Crippen molar-refractivity contribution in [2.24, 2.45) is 10.9 Å². The molecule has 0 spiro atoms. The first-order valence-electron chi connectivity index (χ1n) is 10.7. The molecule has 0 bridgehead atoms. The number of esters is 1. The predicted molar refractivity (Wildman–Crippen MR) is 127 cm³/mol. The third kappa shape index (κ3) is 3.71. The summed E-state index contributed by atoms with van der Waals surface area (Å²) < 4.78 is 4.82. The Bertz CT molecular complexity index is 1210. The number of fused-ring (bicyclic) bond motifs is 2. The molecule has 0 saturated carbocycles. The maximum absolute atomic E-state index is 11.8. The molecule has 2 N–H and O–H groups in total. The van der Waals surface area contributed by atoms with E-state index in [-0.39, 0.29) is 16.8 Å². The van der Waals surface area contributed by atoms with E-state index in [0.717, 1.165) is 34.0 Å². The fourth-order valence-corrected chi connectivity index (χ4v) is 4.69. The zero-order valence-corrected chi connectivity index (χ0v) is 19.0. The summed E-state index contributed by atoms with van der Waals surface area (Å²) in [4.78, 5) is 11.8. The lowest BCUT2D eigenvalue weighted by atomic mass is 9.63. The molecule has 0 heterocycles. The highest BCUT2D eigenvalue weighted by Gasteiger charge is 2.37. The van der Waals surface area contributed by atoms with Crippen LogP contribution < -0.4 is 5.84 Å². The molecule has 0 aliphatic heterocycles. The number of hydrogen-bond acceptors (Lipinski definition) is 4. The van der Waals surface area contributed by atoms with Crippen molar-refractivity contribution in [3.05, 3.63) is 82.4 Å². The van der Waals surface area contributed by atoms with E-state index in [1.807, 2.05) is 24.3 Å². The number of carbonyl (C=O) groups excluding carboxylic acids is 1. The van der Waals surface area contributed by atoms with Crippen LogP contribution in [0.25, 0.3) is 10.8 Å². The molecular weight excluding hydrogens is 384 g/mol. The monoisotopic (exact) mass is 414 g/mol. The van der Waals surface area contributed by atoms with E-state index >= 15 is 0 Å². The van der Waals surface area contributed by atoms with E-state index in [2.05, 4.69) is 57.1 Å². The lowest BCUT2D eigenvalue weighted by Crippen LogP contribution is -2.34. The Kier molecular flexibility index (Phi) is 5.12. The van der Waals surface area contributed by atoms with E-state index < -0.39 is 0 Å². The van der Waals surface area contributed by atoms with Gasteiger partial charge in [0.1, 0.15) is 0 Å². The number of methoxy groups -OCH3 is 1. The number of hydrazone groups is 1. The summed E-state index contributed by atoms with van der Waals surface area (Å²) in [6.07, 6.45) is 2.34. The van der Waals surface area contributed by atoms with Gasteiger partial charge in [-0.05, 0) is 69.8 Å². The minimum absolute atomic E-state index is 0.119. The molecule has 0 atom stereocenters. The van der Waals surface area contributed by atoms with Crippen molar-refractivity contribution in [2.45, 2.75) is 51.4 Å². The molecule has 1 aliphatic rings. The molecule has 31 heavy (non-hydrogen) atoms. The van der Waals surface area contributed by atoms with Gasteiger partial charge in [-0.15, -0.1) is 0 Å². The highest BCUT2D eigenvalue weighted by atomic mass is 16.5. The van der Waals surface area contributed by atoms with Crippen LogP contribution in [0.2, 0.25) is 0 Å². The molecule has 0 saturated heterocycles. The highest BCUT2D eigenvalue weighted by molar-refractivity contribution is 6.14. The van der Waals surface area contributed by atoms with Gasteiger partial charge in [0.05, 0.1) is 18.4 Å². The minimum atomic E-state index is -0.338. The number of carbonyl (C=O) groups is 1. The Hall–Kier alpha value is -3.14. The van der Waals surface area contributed by atoms with E-state index in [4.69, 9.17) is 10.6 Å². The van der Waals surface area contributed by atoms with Gasteiger partial charge < -0.3 is 10.6 Å². The van der Waals surface area contributed by atoms with Gasteiger partial charge >= 0.3 is 5.97 Å². The van der Waals surface area contributed by atoms with Crippen LogP contribution in [0, 0.1) is 0 Å². The van der Waals surface area contributed by atoms with Gasteiger partial charge in [-0.1, -0.05) is 58.0 Å². The number of nitrogens with two attached hydrogens (primary N) is 1. The number of nitrogens with zero attached hydrogens (tertiary/aromatic N) is 1. The number of benzene rings is 3. The third-order valence-electron chi connectivity index (χ3n) is 6.79. The van der Waals surface area contributed by atoms with E-state index in [9.17, 15) is 4.79 Å². The standard InChI is InChI=1S/C27H30N2O2/c1-26(2)12-13-27(3,4)23-16-20(10-11-22(23)26)24(29-28)19-8-6-18-15-21(25(30)31-5)9-7-17(18)14-19/h6-11,14-16H,12-13,28H2,1-5H3/b29-24-. The molecule has 0 fully saturated rings. The van der Waals surface area contributed by atoms with Crippen LogP contribution in [-0.2, 0) is 15.6 Å². The molecule has 0 aromatic heterocycles. The first kappa shape index (κ1) is 21.1. The average Bonchev–Trinajstić information content (AvgIpc) is 2.76. The van der Waals surface area contributed by atoms with E-state index in [1.54, 1.807) is 6.07 Å². The fraction of sp³-hybridized carbons (Fsp3) is 0.333. The molecule has 1 aliphatic carbocycles. The quantitative estimate of drug-likeness (QED) is 0.259. The lowest BCUT2D eigenvalue weighted by Gasteiger charge is -2.42. The van der Waals surface area contributed by atoms with Crippen LogP contribution >= 0.6 is 0 Å². The van der Waals surface area contributed by atoms with Crippen molar-refractivity contribution in [3.63, 3.8) is 0 Å². The van der Waals surface area contributed by atoms with Crippen molar-refractivity contribution in [1.82, 2.24) is 0 Å². The average molecular weight is 415 g/mol. The van der Waals surface area contributed by atoms with Gasteiger partial charge in [0.2, 0.25) is 0 Å². The van der Waals surface area contributed by atoms with Crippen LogP contribution in [0.4, 0.5) is 0 Å². The van der Waals surface area contributed by atoms with Crippen LogP contribution in [0.5, 0.6) is 0 Å². The molecule has 4 heteroatoms. The first-order valence-corrected chi connectivity index (χ1v) is 10.7. The van der Waals surface area contributed by atoms with Crippen molar-refractivity contribution in [2.75, 3.05) is 7.11 Å². The zero-order valence-electron chi connectivity index (χ0n) is 19.0. The normalized spacial score (nSPS) is 17.3.